The number of benzene rings is 7. The van der Waals surface area contributed by atoms with Crippen LogP contribution in [-0.4, -0.2) is 23.9 Å². The number of imidazole rings is 1. The average molecular weight is 794 g/mol. The zero-order chi connectivity index (χ0) is 40.8. The van der Waals surface area contributed by atoms with E-state index in [0.717, 1.165) is 83.5 Å². The van der Waals surface area contributed by atoms with Crippen LogP contribution in [0.2, 0.25) is 0 Å². The van der Waals surface area contributed by atoms with Crippen molar-refractivity contribution in [3.8, 4) is 39.8 Å². The first-order chi connectivity index (χ1) is 30.8. The number of aromatic nitrogens is 5. The molecule has 0 fully saturated rings. The van der Waals surface area contributed by atoms with E-state index in [1.165, 1.54) is 22.1 Å². The highest BCUT2D eigenvalue weighted by molar-refractivity contribution is 6.13. The second-order valence-corrected chi connectivity index (χ2v) is 16.0. The van der Waals surface area contributed by atoms with Gasteiger partial charge in [-0.15, -0.1) is 0 Å². The van der Waals surface area contributed by atoms with Crippen LogP contribution < -0.4 is 4.74 Å². The number of fused-ring (bicyclic) bond motifs is 11. The van der Waals surface area contributed by atoms with Crippen LogP contribution >= 0.6 is 0 Å². The van der Waals surface area contributed by atoms with Crippen molar-refractivity contribution in [2.45, 2.75) is 5.41 Å². The molecule has 1 aliphatic heterocycles. The van der Waals surface area contributed by atoms with E-state index in [9.17, 15) is 0 Å². The molecule has 62 heavy (non-hydrogen) atoms. The lowest BCUT2D eigenvalue weighted by molar-refractivity contribution is 0.484. The van der Waals surface area contributed by atoms with Crippen molar-refractivity contribution in [3.05, 3.63) is 235 Å². The third-order valence-electron chi connectivity index (χ3n) is 12.7. The van der Waals surface area contributed by atoms with E-state index in [1.54, 1.807) is 0 Å². The molecule has 290 valence electrons. The zero-order valence-electron chi connectivity index (χ0n) is 33.4. The Balaban J connectivity index is 1.02. The molecule has 0 amide bonds. The van der Waals surface area contributed by atoms with Crippen LogP contribution in [0.25, 0.3) is 77.6 Å². The van der Waals surface area contributed by atoms with Crippen LogP contribution in [0.1, 0.15) is 22.3 Å². The van der Waals surface area contributed by atoms with Crippen LogP contribution in [0.4, 0.5) is 0 Å². The van der Waals surface area contributed by atoms with Crippen LogP contribution in [0.5, 0.6) is 11.5 Å². The molecule has 0 unspecified atom stereocenters. The fraction of sp³-hybridized carbons (Fsp3) is 0.0179. The first-order valence-electron chi connectivity index (χ1n) is 20.9. The van der Waals surface area contributed by atoms with Crippen molar-refractivity contribution in [2.75, 3.05) is 0 Å². The van der Waals surface area contributed by atoms with Crippen molar-refractivity contribution in [3.63, 3.8) is 0 Å². The van der Waals surface area contributed by atoms with Gasteiger partial charge in [-0.2, -0.15) is 0 Å². The Labute approximate surface area is 356 Å². The number of ether oxygens (including phenoxy) is 1. The molecular weight excluding hydrogens is 759 g/mol. The lowest BCUT2D eigenvalue weighted by atomic mass is 9.63. The molecule has 0 saturated heterocycles. The van der Waals surface area contributed by atoms with Crippen LogP contribution in [0.3, 0.4) is 0 Å². The summed E-state index contributed by atoms with van der Waals surface area (Å²) in [6.07, 6.45) is 3.77. The number of rotatable bonds is 6. The van der Waals surface area contributed by atoms with Crippen molar-refractivity contribution in [2.24, 2.45) is 0 Å². The van der Waals surface area contributed by atoms with E-state index in [4.69, 9.17) is 19.7 Å². The van der Waals surface area contributed by atoms with Gasteiger partial charge in [0.15, 0.2) is 0 Å². The van der Waals surface area contributed by atoms with Gasteiger partial charge in [-0.25, -0.2) is 9.97 Å². The lowest BCUT2D eigenvalue weighted by Gasteiger charge is -2.41. The van der Waals surface area contributed by atoms with Crippen LogP contribution in [-0.2, 0) is 5.41 Å². The highest BCUT2D eigenvalue weighted by atomic mass is 16.5. The molecule has 0 saturated carbocycles. The minimum absolute atomic E-state index is 0.585. The molecule has 0 atom stereocenters. The van der Waals surface area contributed by atoms with Gasteiger partial charge in [-0.1, -0.05) is 146 Å². The standard InChI is InChI=1S/C56H35N5O/c1-5-16-36(17-6-1)50-52(37-18-7-2-8-19-37)60-48-27-15-32-57-51(48)43-31-29-40(34-45(43)54(60)59-50)62-41-28-30-42-44-24-13-25-46-53(44)61(49(42)35-41)55-47(26-14-33-58-55)56(46,38-20-9-3-10-21-38)39-22-11-4-12-23-39/h1-35H. The second-order valence-electron chi connectivity index (χ2n) is 16.0. The normalized spacial score (nSPS) is 13.0. The Morgan fingerprint density at radius 2 is 1.08 bits per heavy atom. The molecule has 5 aromatic heterocycles. The molecule has 12 aromatic rings. The van der Waals surface area contributed by atoms with Gasteiger partial charge < -0.3 is 4.74 Å². The Morgan fingerprint density at radius 3 is 1.82 bits per heavy atom. The van der Waals surface area contributed by atoms with Gasteiger partial charge in [0.1, 0.15) is 23.0 Å². The largest absolute Gasteiger partial charge is 0.457 e. The maximum absolute atomic E-state index is 6.88. The van der Waals surface area contributed by atoms with Gasteiger partial charge in [0.05, 0.1) is 38.9 Å². The summed E-state index contributed by atoms with van der Waals surface area (Å²) in [7, 11) is 0. The fourth-order valence-corrected chi connectivity index (χ4v) is 10.2. The molecule has 0 N–H and O–H groups in total. The highest BCUT2D eigenvalue weighted by Gasteiger charge is 2.45. The summed E-state index contributed by atoms with van der Waals surface area (Å²) in [5.41, 5.74) is 13.2. The maximum atomic E-state index is 6.88. The van der Waals surface area contributed by atoms with E-state index < -0.39 is 5.41 Å². The monoisotopic (exact) mass is 793 g/mol. The van der Waals surface area contributed by atoms with Gasteiger partial charge in [0.25, 0.3) is 0 Å². The maximum Gasteiger partial charge on any atom is 0.146 e. The van der Waals surface area contributed by atoms with E-state index in [0.29, 0.717) is 5.75 Å². The molecular formula is C56H35N5O. The summed E-state index contributed by atoms with van der Waals surface area (Å²) in [5.74, 6) is 2.35. The minimum atomic E-state index is -0.585. The summed E-state index contributed by atoms with van der Waals surface area (Å²) >= 11 is 0. The molecule has 6 heterocycles. The van der Waals surface area contributed by atoms with Crippen LogP contribution in [0, 0.1) is 0 Å². The molecule has 1 aliphatic rings. The van der Waals surface area contributed by atoms with E-state index in [1.807, 2.05) is 36.7 Å². The summed E-state index contributed by atoms with van der Waals surface area (Å²) in [4.78, 5) is 15.6. The highest BCUT2D eigenvalue weighted by Crippen LogP contribution is 2.54. The quantitative estimate of drug-likeness (QED) is 0.157. The number of para-hydroxylation sites is 1. The number of hydrogen-bond donors (Lipinski definition) is 0. The summed E-state index contributed by atoms with van der Waals surface area (Å²) < 4.78 is 11.5. The third-order valence-corrected chi connectivity index (χ3v) is 12.7. The lowest BCUT2D eigenvalue weighted by Crippen LogP contribution is -2.35. The Bertz CT molecular complexity index is 3670. The fourth-order valence-electron chi connectivity index (χ4n) is 10.2. The summed E-state index contributed by atoms with van der Waals surface area (Å²) in [5, 5.41) is 4.28. The van der Waals surface area contributed by atoms with E-state index >= 15 is 0 Å². The third kappa shape index (κ3) is 4.83. The molecule has 0 radical (unpaired) electrons. The smallest absolute Gasteiger partial charge is 0.146 e. The SMILES string of the molecule is c1ccc(-c2nc3c4cc(Oc5ccc6c7cccc8c7n(c6c5)-c5ncccc5C8(c5ccccc5)c5ccccc5)ccc4c4ncccc4n3c2-c2ccccc2)cc1. The summed E-state index contributed by atoms with van der Waals surface area (Å²) in [6.45, 7) is 0. The van der Waals surface area contributed by atoms with Crippen molar-refractivity contribution < 1.29 is 4.74 Å². The van der Waals surface area contributed by atoms with E-state index in [2.05, 4.69) is 185 Å². The first-order valence-corrected chi connectivity index (χ1v) is 20.9. The molecule has 6 heteroatoms. The van der Waals surface area contributed by atoms with Crippen molar-refractivity contribution in [1.29, 1.82) is 0 Å². The van der Waals surface area contributed by atoms with Gasteiger partial charge in [0.2, 0.25) is 0 Å². The van der Waals surface area contributed by atoms with Gasteiger partial charge >= 0.3 is 0 Å². The van der Waals surface area contributed by atoms with Gasteiger partial charge in [-0.05, 0) is 65.2 Å². The van der Waals surface area contributed by atoms with E-state index in [-0.39, 0.29) is 0 Å². The van der Waals surface area contributed by atoms with Gasteiger partial charge in [0, 0.05) is 56.7 Å². The molecule has 13 rings (SSSR count). The first kappa shape index (κ1) is 34.5. The number of nitrogens with zero attached hydrogens (tertiary/aromatic N) is 5. The second kappa shape index (κ2) is 13.3. The average Bonchev–Trinajstić information content (AvgIpc) is 3.91. The van der Waals surface area contributed by atoms with Gasteiger partial charge in [-0.3, -0.25) is 14.0 Å². The molecule has 7 aromatic carbocycles. The van der Waals surface area contributed by atoms with Crippen molar-refractivity contribution >= 4 is 49.3 Å². The number of pyridine rings is 3. The minimum Gasteiger partial charge on any atom is -0.457 e. The Hall–Kier alpha value is -8.35. The molecule has 0 aliphatic carbocycles. The topological polar surface area (TPSA) is 57.2 Å². The predicted molar refractivity (Wildman–Crippen MR) is 249 cm³/mol. The Kier molecular flexibility index (Phi) is 7.42. The predicted octanol–water partition coefficient (Wildman–Crippen LogP) is 13.4. The van der Waals surface area contributed by atoms with Crippen molar-refractivity contribution in [1.82, 2.24) is 23.9 Å². The zero-order valence-corrected chi connectivity index (χ0v) is 33.4. The van der Waals surface area contributed by atoms with Crippen LogP contribution in [0.15, 0.2) is 213 Å². The Morgan fingerprint density at radius 1 is 0.452 bits per heavy atom. The molecule has 0 spiro atoms. The molecule has 0 bridgehead atoms. The number of hydrogen-bond acceptors (Lipinski definition) is 4. The molecule has 6 nitrogen and oxygen atoms in total. The summed E-state index contributed by atoms with van der Waals surface area (Å²) in [6, 6.07) is 70.5.